The molecule has 6 rings (SSSR count). The molecule has 11 heteroatoms. The van der Waals surface area contributed by atoms with E-state index in [1.807, 2.05) is 31.2 Å². The summed E-state index contributed by atoms with van der Waals surface area (Å²) in [4.78, 5) is 26.4. The molecule has 1 aliphatic carbocycles. The van der Waals surface area contributed by atoms with E-state index in [4.69, 9.17) is 9.84 Å². The Labute approximate surface area is 240 Å². The van der Waals surface area contributed by atoms with E-state index >= 15 is 0 Å². The molecular formula is C31H30F2N2O7. The first-order valence-corrected chi connectivity index (χ1v) is 13.7. The highest BCUT2D eigenvalue weighted by Crippen LogP contribution is 2.52. The molecule has 1 unspecified atom stereocenters. The van der Waals surface area contributed by atoms with Crippen LogP contribution in [-0.4, -0.2) is 47.6 Å². The number of halogens is 2. The maximum absolute atomic E-state index is 13.8. The Hall–Kier alpha value is -4.22. The van der Waals surface area contributed by atoms with Crippen molar-refractivity contribution in [3.63, 3.8) is 0 Å². The SMILES string of the molecule is Cc1ccc2c(c1)O[C@@H](c1cccc(C(=O)NCC(O)CO)c1)C[C@H]2NC(=O)C1(c2ccc3c(c2)OC(F)(F)O3)CC1. The number of alkyl halides is 2. The molecule has 0 spiro atoms. The third-order valence-corrected chi connectivity index (χ3v) is 7.94. The Bertz CT molecular complexity index is 1540. The molecule has 3 aromatic rings. The van der Waals surface area contributed by atoms with Crippen molar-refractivity contribution < 1.29 is 42.8 Å². The number of aliphatic hydroxyl groups is 2. The summed E-state index contributed by atoms with van der Waals surface area (Å²) in [6.45, 7) is 1.39. The first-order valence-electron chi connectivity index (χ1n) is 13.7. The van der Waals surface area contributed by atoms with Gasteiger partial charge in [0.15, 0.2) is 11.5 Å². The number of carbonyl (C=O) groups excluding carboxylic acids is 2. The van der Waals surface area contributed by atoms with Gasteiger partial charge in [-0.25, -0.2) is 0 Å². The fourth-order valence-electron chi connectivity index (χ4n) is 5.49. The van der Waals surface area contributed by atoms with Crippen molar-refractivity contribution in [3.05, 3.63) is 88.5 Å². The van der Waals surface area contributed by atoms with Gasteiger partial charge >= 0.3 is 6.29 Å². The molecule has 1 saturated carbocycles. The van der Waals surface area contributed by atoms with Gasteiger partial charge in [0.2, 0.25) is 5.91 Å². The third-order valence-electron chi connectivity index (χ3n) is 7.94. The van der Waals surface area contributed by atoms with E-state index in [9.17, 15) is 23.5 Å². The van der Waals surface area contributed by atoms with E-state index in [-0.39, 0.29) is 24.0 Å². The minimum Gasteiger partial charge on any atom is -0.485 e. The molecule has 3 atom stereocenters. The number of ether oxygens (including phenoxy) is 3. The second-order valence-electron chi connectivity index (χ2n) is 11.0. The Balaban J connectivity index is 1.23. The summed E-state index contributed by atoms with van der Waals surface area (Å²) in [5.74, 6) is -0.178. The number of carbonyl (C=O) groups is 2. The number of aryl methyl sites for hydroxylation is 1. The van der Waals surface area contributed by atoms with Crippen molar-refractivity contribution in [2.24, 2.45) is 0 Å². The summed E-state index contributed by atoms with van der Waals surface area (Å²) in [6, 6.07) is 16.7. The van der Waals surface area contributed by atoms with E-state index in [0.717, 1.165) is 16.7 Å². The molecule has 9 nitrogen and oxygen atoms in total. The minimum absolute atomic E-state index is 0.0722. The summed E-state index contributed by atoms with van der Waals surface area (Å²) < 4.78 is 42.6. The number of benzene rings is 3. The molecule has 2 aliphatic heterocycles. The lowest BCUT2D eigenvalue weighted by molar-refractivity contribution is -0.286. The predicted molar refractivity (Wildman–Crippen MR) is 145 cm³/mol. The van der Waals surface area contributed by atoms with Crippen molar-refractivity contribution in [1.82, 2.24) is 10.6 Å². The first kappa shape index (κ1) is 27.9. The number of hydrogen-bond acceptors (Lipinski definition) is 7. The molecule has 3 aliphatic rings. The van der Waals surface area contributed by atoms with Crippen molar-refractivity contribution in [3.8, 4) is 17.2 Å². The molecule has 2 amide bonds. The average molecular weight is 581 g/mol. The van der Waals surface area contributed by atoms with E-state index in [2.05, 4.69) is 20.1 Å². The zero-order valence-electron chi connectivity index (χ0n) is 22.7. The number of amides is 2. The Morgan fingerprint density at radius 1 is 1.02 bits per heavy atom. The van der Waals surface area contributed by atoms with Crippen LogP contribution in [0.3, 0.4) is 0 Å². The standard InChI is InChI=1S/C31H30F2N2O7/c1-17-5-7-22-23(35-29(39)30(9-10-30)20-6-8-24-27(13-20)42-31(32,33)41-24)14-25(40-26(22)11-17)18-3-2-4-19(12-18)28(38)34-15-21(37)16-36/h2-8,11-13,21,23,25,36-37H,9-10,14-16H2,1H3,(H,34,38)(H,35,39)/t21?,23-,25-/m1/s1. The number of aliphatic hydroxyl groups excluding tert-OH is 2. The van der Waals surface area contributed by atoms with Crippen LogP contribution in [0.2, 0.25) is 0 Å². The summed E-state index contributed by atoms with van der Waals surface area (Å²) in [5.41, 5.74) is 2.60. The van der Waals surface area contributed by atoms with Gasteiger partial charge in [0.05, 0.1) is 24.2 Å². The van der Waals surface area contributed by atoms with Crippen LogP contribution in [0.25, 0.3) is 0 Å². The normalized spacial score (nSPS) is 21.5. The van der Waals surface area contributed by atoms with Crippen LogP contribution in [-0.2, 0) is 10.2 Å². The highest BCUT2D eigenvalue weighted by Gasteiger charge is 2.53. The zero-order valence-corrected chi connectivity index (χ0v) is 22.7. The third kappa shape index (κ3) is 5.37. The van der Waals surface area contributed by atoms with Gasteiger partial charge in [0.1, 0.15) is 11.9 Å². The monoisotopic (exact) mass is 580 g/mol. The van der Waals surface area contributed by atoms with Crippen LogP contribution in [0.15, 0.2) is 60.7 Å². The van der Waals surface area contributed by atoms with Crippen LogP contribution >= 0.6 is 0 Å². The number of fused-ring (bicyclic) bond motifs is 2. The first-order chi connectivity index (χ1) is 20.1. The lowest BCUT2D eigenvalue weighted by Crippen LogP contribution is -2.39. The van der Waals surface area contributed by atoms with Crippen LogP contribution in [0.5, 0.6) is 17.2 Å². The Morgan fingerprint density at radius 2 is 1.81 bits per heavy atom. The van der Waals surface area contributed by atoms with Crippen molar-refractivity contribution >= 4 is 11.8 Å². The van der Waals surface area contributed by atoms with Crippen LogP contribution in [0, 0.1) is 6.92 Å². The van der Waals surface area contributed by atoms with Gasteiger partial charge < -0.3 is 35.1 Å². The quantitative estimate of drug-likeness (QED) is 0.319. The highest BCUT2D eigenvalue weighted by atomic mass is 19.3. The summed E-state index contributed by atoms with van der Waals surface area (Å²) in [5, 5.41) is 24.4. The number of hydrogen-bond donors (Lipinski definition) is 4. The van der Waals surface area contributed by atoms with Gasteiger partial charge in [-0.15, -0.1) is 8.78 Å². The summed E-state index contributed by atoms with van der Waals surface area (Å²) >= 11 is 0. The van der Waals surface area contributed by atoms with Crippen LogP contribution < -0.4 is 24.8 Å². The van der Waals surface area contributed by atoms with Crippen LogP contribution in [0.1, 0.15) is 64.0 Å². The lowest BCUT2D eigenvalue weighted by Gasteiger charge is -2.34. The largest absolute Gasteiger partial charge is 0.586 e. The van der Waals surface area contributed by atoms with Gasteiger partial charge in [-0.1, -0.05) is 30.3 Å². The molecular weight excluding hydrogens is 550 g/mol. The topological polar surface area (TPSA) is 126 Å². The van der Waals surface area contributed by atoms with Gasteiger partial charge in [-0.3, -0.25) is 9.59 Å². The molecule has 0 bridgehead atoms. The predicted octanol–water partition coefficient (Wildman–Crippen LogP) is 3.81. The Kier molecular flexibility index (Phi) is 7.02. The average Bonchev–Trinajstić information content (AvgIpc) is 3.72. The number of rotatable bonds is 8. The summed E-state index contributed by atoms with van der Waals surface area (Å²) in [6.07, 6.45) is -3.77. The van der Waals surface area contributed by atoms with E-state index in [1.54, 1.807) is 24.3 Å². The number of nitrogens with one attached hydrogen (secondary N) is 2. The van der Waals surface area contributed by atoms with E-state index in [0.29, 0.717) is 36.1 Å². The molecule has 220 valence electrons. The van der Waals surface area contributed by atoms with Crippen molar-refractivity contribution in [2.75, 3.05) is 13.2 Å². The van der Waals surface area contributed by atoms with E-state index < -0.39 is 42.5 Å². The molecule has 0 saturated heterocycles. The Morgan fingerprint density at radius 3 is 2.57 bits per heavy atom. The second-order valence-corrected chi connectivity index (χ2v) is 11.0. The molecule has 0 radical (unpaired) electrons. The fraction of sp³-hybridized carbons (Fsp3) is 0.355. The lowest BCUT2D eigenvalue weighted by atomic mass is 9.89. The minimum atomic E-state index is -3.74. The van der Waals surface area contributed by atoms with Crippen molar-refractivity contribution in [2.45, 2.75) is 56.1 Å². The molecule has 0 aromatic heterocycles. The molecule has 3 aromatic carbocycles. The van der Waals surface area contributed by atoms with Crippen LogP contribution in [0.4, 0.5) is 8.78 Å². The molecule has 42 heavy (non-hydrogen) atoms. The fourth-order valence-corrected chi connectivity index (χ4v) is 5.49. The summed E-state index contributed by atoms with van der Waals surface area (Å²) in [7, 11) is 0. The van der Waals surface area contributed by atoms with Gasteiger partial charge in [0.25, 0.3) is 5.91 Å². The smallest absolute Gasteiger partial charge is 0.485 e. The zero-order chi connectivity index (χ0) is 29.6. The van der Waals surface area contributed by atoms with Gasteiger partial charge in [0, 0.05) is 24.1 Å². The maximum Gasteiger partial charge on any atom is 0.586 e. The molecule has 2 heterocycles. The second kappa shape index (κ2) is 10.6. The highest BCUT2D eigenvalue weighted by molar-refractivity contribution is 5.94. The molecule has 4 N–H and O–H groups in total. The van der Waals surface area contributed by atoms with Gasteiger partial charge in [-0.2, -0.15) is 0 Å². The molecule has 1 fully saturated rings. The van der Waals surface area contributed by atoms with Crippen molar-refractivity contribution in [1.29, 1.82) is 0 Å². The van der Waals surface area contributed by atoms with E-state index in [1.165, 1.54) is 12.1 Å². The van der Waals surface area contributed by atoms with Gasteiger partial charge in [-0.05, 0) is 66.8 Å². The maximum atomic E-state index is 13.8.